The van der Waals surface area contributed by atoms with Crippen molar-refractivity contribution < 1.29 is 52.6 Å². The molecule has 11 heteroatoms. The lowest BCUT2D eigenvalue weighted by molar-refractivity contribution is -0.139. The van der Waals surface area contributed by atoms with E-state index in [1.807, 2.05) is 0 Å². The van der Waals surface area contributed by atoms with E-state index in [1.54, 1.807) is 6.92 Å². The standard InChI is InChI=1S/C28H52O11/c1-26(2)28(31)39-24-9-23-37-20-7-19-35-16-5-15-33-12-3-11-32-13-4-14-34-17-6-18-36-21-8-22-38-25-10-27(29)30/h1,3-25H2,2H3,(H,29,30). The van der Waals surface area contributed by atoms with Gasteiger partial charge in [-0.05, 0) is 45.4 Å². The van der Waals surface area contributed by atoms with Crippen LogP contribution >= 0.6 is 0 Å². The summed E-state index contributed by atoms with van der Waals surface area (Å²) in [5.41, 5.74) is 0.408. The summed E-state index contributed by atoms with van der Waals surface area (Å²) in [6.07, 6.45) is 5.74. The molecule has 0 saturated heterocycles. The molecule has 11 nitrogen and oxygen atoms in total. The Morgan fingerprint density at radius 2 is 0.744 bits per heavy atom. The summed E-state index contributed by atoms with van der Waals surface area (Å²) in [7, 11) is 0. The number of carbonyl (C=O) groups is 2. The van der Waals surface area contributed by atoms with Crippen LogP contribution < -0.4 is 0 Å². The van der Waals surface area contributed by atoms with Gasteiger partial charge in [0.2, 0.25) is 0 Å². The molecule has 0 aromatic rings. The van der Waals surface area contributed by atoms with Crippen LogP contribution in [0.15, 0.2) is 12.2 Å². The van der Waals surface area contributed by atoms with Gasteiger partial charge < -0.3 is 43.0 Å². The van der Waals surface area contributed by atoms with Crippen molar-refractivity contribution in [2.45, 2.75) is 58.3 Å². The molecule has 0 unspecified atom stereocenters. The van der Waals surface area contributed by atoms with E-state index in [4.69, 9.17) is 43.0 Å². The third-order valence-electron chi connectivity index (χ3n) is 4.94. The first kappa shape index (κ1) is 37.4. The van der Waals surface area contributed by atoms with E-state index in [-0.39, 0.29) is 19.0 Å². The number of carbonyl (C=O) groups excluding carboxylic acids is 1. The van der Waals surface area contributed by atoms with E-state index in [2.05, 4.69) is 6.58 Å². The van der Waals surface area contributed by atoms with Crippen molar-refractivity contribution in [2.75, 3.05) is 99.1 Å². The first-order valence-corrected chi connectivity index (χ1v) is 14.1. The molecular formula is C28H52O11. The molecule has 0 saturated carbocycles. The highest BCUT2D eigenvalue weighted by Crippen LogP contribution is 1.96. The quantitative estimate of drug-likeness (QED) is 0.0733. The van der Waals surface area contributed by atoms with Crippen LogP contribution in [-0.2, 0) is 47.5 Å². The molecule has 0 aliphatic carbocycles. The van der Waals surface area contributed by atoms with Crippen molar-refractivity contribution in [2.24, 2.45) is 0 Å². The van der Waals surface area contributed by atoms with Crippen LogP contribution in [0.3, 0.4) is 0 Å². The highest BCUT2D eigenvalue weighted by molar-refractivity contribution is 5.86. The Morgan fingerprint density at radius 3 is 1.00 bits per heavy atom. The van der Waals surface area contributed by atoms with Crippen molar-refractivity contribution in [3.05, 3.63) is 12.2 Å². The second-order valence-corrected chi connectivity index (χ2v) is 8.82. The monoisotopic (exact) mass is 564 g/mol. The number of carboxylic acids is 1. The number of carboxylic acid groups (broad SMARTS) is 1. The molecule has 39 heavy (non-hydrogen) atoms. The predicted octanol–water partition coefficient (Wildman–Crippen LogP) is 3.43. The lowest BCUT2D eigenvalue weighted by atomic mass is 10.4. The third-order valence-corrected chi connectivity index (χ3v) is 4.94. The highest BCUT2D eigenvalue weighted by atomic mass is 16.5. The minimum absolute atomic E-state index is 0.0375. The predicted molar refractivity (Wildman–Crippen MR) is 146 cm³/mol. The van der Waals surface area contributed by atoms with Gasteiger partial charge in [-0.2, -0.15) is 0 Å². The second kappa shape index (κ2) is 30.9. The zero-order valence-electron chi connectivity index (χ0n) is 24.0. The third kappa shape index (κ3) is 32.5. The molecule has 0 rings (SSSR count). The maximum absolute atomic E-state index is 11.2. The molecule has 0 heterocycles. The van der Waals surface area contributed by atoms with Gasteiger partial charge >= 0.3 is 11.9 Å². The summed E-state index contributed by atoms with van der Waals surface area (Å²) >= 11 is 0. The van der Waals surface area contributed by atoms with Gasteiger partial charge in [0.25, 0.3) is 0 Å². The lowest BCUT2D eigenvalue weighted by Crippen LogP contribution is -2.09. The average Bonchev–Trinajstić information content (AvgIpc) is 2.91. The fourth-order valence-corrected chi connectivity index (χ4v) is 2.90. The Balaban J connectivity index is 3.07. The van der Waals surface area contributed by atoms with Crippen molar-refractivity contribution in [3.8, 4) is 0 Å². The Hall–Kier alpha value is -1.60. The lowest BCUT2D eigenvalue weighted by Gasteiger charge is -2.08. The number of rotatable bonds is 32. The van der Waals surface area contributed by atoms with Crippen LogP contribution in [-0.4, -0.2) is 116 Å². The van der Waals surface area contributed by atoms with Crippen LogP contribution in [0.5, 0.6) is 0 Å². The Morgan fingerprint density at radius 1 is 0.487 bits per heavy atom. The summed E-state index contributed by atoms with van der Waals surface area (Å²) in [6.45, 7) is 14.1. The number of esters is 1. The molecule has 0 aliphatic heterocycles. The molecule has 0 fully saturated rings. The normalized spacial score (nSPS) is 11.1. The van der Waals surface area contributed by atoms with Gasteiger partial charge in [0.05, 0.1) is 19.6 Å². The molecule has 0 aromatic heterocycles. The molecule has 230 valence electrons. The minimum Gasteiger partial charge on any atom is -0.481 e. The first-order valence-electron chi connectivity index (χ1n) is 14.1. The summed E-state index contributed by atoms with van der Waals surface area (Å²) in [5, 5.41) is 8.49. The topological polar surface area (TPSA) is 128 Å². The van der Waals surface area contributed by atoms with E-state index in [0.717, 1.165) is 38.5 Å². The van der Waals surface area contributed by atoms with E-state index in [0.29, 0.717) is 104 Å². The Kier molecular flexibility index (Phi) is 29.7. The number of aliphatic carboxylic acids is 1. The number of ether oxygens (including phenoxy) is 8. The van der Waals surface area contributed by atoms with Crippen LogP contribution in [0, 0.1) is 0 Å². The molecule has 0 aromatic carbocycles. The molecule has 0 radical (unpaired) electrons. The second-order valence-electron chi connectivity index (χ2n) is 8.82. The van der Waals surface area contributed by atoms with E-state index in [1.165, 1.54) is 0 Å². The minimum atomic E-state index is -0.845. The highest BCUT2D eigenvalue weighted by Gasteiger charge is 2.02. The number of hydrogen-bond acceptors (Lipinski definition) is 10. The summed E-state index contributed by atoms with van der Waals surface area (Å²) in [6, 6.07) is 0. The molecule has 0 spiro atoms. The maximum Gasteiger partial charge on any atom is 0.333 e. The van der Waals surface area contributed by atoms with Crippen molar-refractivity contribution in [1.82, 2.24) is 0 Å². The van der Waals surface area contributed by atoms with Crippen molar-refractivity contribution in [3.63, 3.8) is 0 Å². The maximum atomic E-state index is 11.2. The fourth-order valence-electron chi connectivity index (χ4n) is 2.90. The largest absolute Gasteiger partial charge is 0.481 e. The van der Waals surface area contributed by atoms with Crippen molar-refractivity contribution >= 4 is 11.9 Å². The average molecular weight is 565 g/mol. The molecular weight excluding hydrogens is 512 g/mol. The zero-order valence-corrected chi connectivity index (χ0v) is 24.0. The molecule has 0 amide bonds. The molecule has 0 atom stereocenters. The smallest absolute Gasteiger partial charge is 0.333 e. The zero-order chi connectivity index (χ0) is 28.7. The summed E-state index contributed by atoms with van der Waals surface area (Å²) in [4.78, 5) is 21.5. The fraction of sp³-hybridized carbons (Fsp3) is 0.857. The number of hydrogen-bond donors (Lipinski definition) is 1. The van der Waals surface area contributed by atoms with Gasteiger partial charge in [-0.15, -0.1) is 0 Å². The summed E-state index contributed by atoms with van der Waals surface area (Å²) < 4.78 is 43.4. The van der Waals surface area contributed by atoms with Crippen LogP contribution in [0.2, 0.25) is 0 Å². The first-order chi connectivity index (χ1) is 19.0. The molecule has 0 bridgehead atoms. The summed E-state index contributed by atoms with van der Waals surface area (Å²) in [5.74, 6) is -1.20. The van der Waals surface area contributed by atoms with Crippen molar-refractivity contribution in [1.29, 1.82) is 0 Å². The van der Waals surface area contributed by atoms with Gasteiger partial charge in [0.1, 0.15) is 0 Å². The van der Waals surface area contributed by atoms with Gasteiger partial charge in [-0.3, -0.25) is 4.79 Å². The van der Waals surface area contributed by atoms with E-state index >= 15 is 0 Å². The van der Waals surface area contributed by atoms with Gasteiger partial charge in [-0.25, -0.2) is 4.79 Å². The van der Waals surface area contributed by atoms with Gasteiger partial charge in [0, 0.05) is 97.9 Å². The SMILES string of the molecule is C=C(C)C(=O)OCCCOCCCOCCCOCCCOCCCOCCCOCCCOCCC(=O)O. The van der Waals surface area contributed by atoms with E-state index in [9.17, 15) is 9.59 Å². The Labute approximate surface area is 234 Å². The molecule has 1 N–H and O–H groups in total. The van der Waals surface area contributed by atoms with Crippen LogP contribution in [0.25, 0.3) is 0 Å². The van der Waals surface area contributed by atoms with Gasteiger partial charge in [0.15, 0.2) is 0 Å². The molecule has 0 aliphatic rings. The van der Waals surface area contributed by atoms with Crippen LogP contribution in [0.1, 0.15) is 58.3 Å². The van der Waals surface area contributed by atoms with Crippen LogP contribution in [0.4, 0.5) is 0 Å². The Bertz CT molecular complexity index is 572. The van der Waals surface area contributed by atoms with Gasteiger partial charge in [-0.1, -0.05) is 6.58 Å². The van der Waals surface area contributed by atoms with E-state index < -0.39 is 5.97 Å².